The quantitative estimate of drug-likeness (QED) is 0.410. The number of carbonyl (C=O) groups excluding carboxylic acids is 1. The van der Waals surface area contributed by atoms with Gasteiger partial charge in [0.05, 0.1) is 5.69 Å². The van der Waals surface area contributed by atoms with Gasteiger partial charge in [0, 0.05) is 29.2 Å². The number of hydrogen-bond donors (Lipinski definition) is 3. The second-order valence-corrected chi connectivity index (χ2v) is 6.67. The van der Waals surface area contributed by atoms with Crippen LogP contribution in [0, 0.1) is 0 Å². The molecule has 0 saturated carbocycles. The molecule has 31 heavy (non-hydrogen) atoms. The third-order valence-corrected chi connectivity index (χ3v) is 4.34. The van der Waals surface area contributed by atoms with Crippen LogP contribution in [0.3, 0.4) is 0 Å². The van der Waals surface area contributed by atoms with Crippen LogP contribution in [0.4, 0.5) is 17.3 Å². The van der Waals surface area contributed by atoms with Gasteiger partial charge in [0.1, 0.15) is 11.5 Å². The van der Waals surface area contributed by atoms with E-state index < -0.39 is 0 Å². The Hall–Kier alpha value is -4.39. The smallest absolute Gasteiger partial charge is 0.262 e. The highest BCUT2D eigenvalue weighted by Crippen LogP contribution is 2.23. The van der Waals surface area contributed by atoms with E-state index in [1.807, 2.05) is 36.4 Å². The van der Waals surface area contributed by atoms with Crippen molar-refractivity contribution in [3.8, 4) is 22.8 Å². The number of para-hydroxylation sites is 1. The van der Waals surface area contributed by atoms with Crippen molar-refractivity contribution in [1.82, 2.24) is 9.97 Å². The number of ether oxygens (including phenoxy) is 1. The largest absolute Gasteiger partial charge is 0.508 e. The van der Waals surface area contributed by atoms with Crippen LogP contribution in [0.25, 0.3) is 11.3 Å². The standard InChI is InChI=1S/C24H20N4O3/c29-20-6-4-5-19(15-20)27-24-25-14-13-22(28-24)17-9-11-18(12-10-17)26-23(30)16-31-21-7-2-1-3-8-21/h1-15,29H,16H2,(H,26,30)(H,25,27,28). The summed E-state index contributed by atoms with van der Waals surface area (Å²) in [6.07, 6.45) is 1.66. The summed E-state index contributed by atoms with van der Waals surface area (Å²) in [6.45, 7) is -0.0677. The Morgan fingerprint density at radius 2 is 1.71 bits per heavy atom. The van der Waals surface area contributed by atoms with Crippen LogP contribution >= 0.6 is 0 Å². The molecule has 0 aliphatic heterocycles. The number of benzene rings is 3. The zero-order chi connectivity index (χ0) is 21.5. The summed E-state index contributed by atoms with van der Waals surface area (Å²) in [7, 11) is 0. The van der Waals surface area contributed by atoms with Crippen molar-refractivity contribution in [2.45, 2.75) is 0 Å². The van der Waals surface area contributed by atoms with Crippen LogP contribution in [0.5, 0.6) is 11.5 Å². The van der Waals surface area contributed by atoms with E-state index in [1.54, 1.807) is 54.7 Å². The predicted octanol–water partition coefficient (Wildman–Crippen LogP) is 4.61. The molecule has 3 aromatic carbocycles. The zero-order valence-electron chi connectivity index (χ0n) is 16.5. The van der Waals surface area contributed by atoms with Crippen molar-refractivity contribution >= 4 is 23.2 Å². The van der Waals surface area contributed by atoms with Gasteiger partial charge in [-0.3, -0.25) is 4.79 Å². The van der Waals surface area contributed by atoms with Gasteiger partial charge in [-0.25, -0.2) is 9.97 Å². The second kappa shape index (κ2) is 9.41. The van der Waals surface area contributed by atoms with Crippen molar-refractivity contribution in [3.05, 3.63) is 91.1 Å². The summed E-state index contributed by atoms with van der Waals surface area (Å²) in [5, 5.41) is 15.5. The predicted molar refractivity (Wildman–Crippen MR) is 119 cm³/mol. The van der Waals surface area contributed by atoms with Gasteiger partial charge < -0.3 is 20.5 Å². The van der Waals surface area contributed by atoms with Gasteiger partial charge in [0.25, 0.3) is 5.91 Å². The minimum absolute atomic E-state index is 0.0677. The van der Waals surface area contributed by atoms with E-state index in [0.29, 0.717) is 23.1 Å². The second-order valence-electron chi connectivity index (χ2n) is 6.67. The molecule has 154 valence electrons. The third-order valence-electron chi connectivity index (χ3n) is 4.34. The Bertz CT molecular complexity index is 1160. The molecule has 0 unspecified atom stereocenters. The highest BCUT2D eigenvalue weighted by Gasteiger charge is 2.06. The first-order valence-electron chi connectivity index (χ1n) is 9.63. The topological polar surface area (TPSA) is 96.4 Å². The van der Waals surface area contributed by atoms with E-state index in [2.05, 4.69) is 20.6 Å². The number of hydrogen-bond acceptors (Lipinski definition) is 6. The average Bonchev–Trinajstić information content (AvgIpc) is 2.79. The summed E-state index contributed by atoms with van der Waals surface area (Å²) in [6, 6.07) is 25.1. The first kappa shape index (κ1) is 19.9. The summed E-state index contributed by atoms with van der Waals surface area (Å²) in [5.41, 5.74) is 2.95. The molecule has 7 nitrogen and oxygen atoms in total. The summed E-state index contributed by atoms with van der Waals surface area (Å²) in [5.74, 6) is 0.981. The van der Waals surface area contributed by atoms with Gasteiger partial charge in [0.2, 0.25) is 5.95 Å². The van der Waals surface area contributed by atoms with Crippen molar-refractivity contribution in [3.63, 3.8) is 0 Å². The van der Waals surface area contributed by atoms with E-state index in [0.717, 1.165) is 11.3 Å². The van der Waals surface area contributed by atoms with Crippen molar-refractivity contribution in [2.24, 2.45) is 0 Å². The summed E-state index contributed by atoms with van der Waals surface area (Å²) >= 11 is 0. The highest BCUT2D eigenvalue weighted by atomic mass is 16.5. The van der Waals surface area contributed by atoms with Crippen LogP contribution in [0.1, 0.15) is 0 Å². The fourth-order valence-corrected chi connectivity index (χ4v) is 2.88. The van der Waals surface area contributed by atoms with Crippen molar-refractivity contribution in [1.29, 1.82) is 0 Å². The number of amides is 1. The molecule has 7 heteroatoms. The average molecular weight is 412 g/mol. The lowest BCUT2D eigenvalue weighted by Crippen LogP contribution is -2.20. The minimum Gasteiger partial charge on any atom is -0.508 e. The lowest BCUT2D eigenvalue weighted by Gasteiger charge is -2.09. The molecule has 0 saturated heterocycles. The Morgan fingerprint density at radius 3 is 2.48 bits per heavy atom. The van der Waals surface area contributed by atoms with Gasteiger partial charge in [0.15, 0.2) is 6.61 Å². The fraction of sp³-hybridized carbons (Fsp3) is 0.0417. The molecule has 1 heterocycles. The van der Waals surface area contributed by atoms with Crippen LogP contribution in [-0.4, -0.2) is 27.6 Å². The minimum atomic E-state index is -0.240. The lowest BCUT2D eigenvalue weighted by molar-refractivity contribution is -0.118. The lowest BCUT2D eigenvalue weighted by atomic mass is 10.1. The molecular weight excluding hydrogens is 392 g/mol. The van der Waals surface area contributed by atoms with Crippen molar-refractivity contribution < 1.29 is 14.6 Å². The maximum atomic E-state index is 12.1. The van der Waals surface area contributed by atoms with Crippen LogP contribution < -0.4 is 15.4 Å². The molecule has 1 amide bonds. The number of nitrogens with one attached hydrogen (secondary N) is 2. The molecule has 0 spiro atoms. The zero-order valence-corrected chi connectivity index (χ0v) is 16.5. The number of nitrogens with zero attached hydrogens (tertiary/aromatic N) is 2. The molecule has 1 aromatic heterocycles. The van der Waals surface area contributed by atoms with E-state index in [4.69, 9.17) is 4.74 Å². The van der Waals surface area contributed by atoms with Gasteiger partial charge >= 0.3 is 0 Å². The summed E-state index contributed by atoms with van der Waals surface area (Å²) in [4.78, 5) is 20.8. The molecule has 3 N–H and O–H groups in total. The Morgan fingerprint density at radius 1 is 0.903 bits per heavy atom. The van der Waals surface area contributed by atoms with Gasteiger partial charge in [-0.1, -0.05) is 36.4 Å². The monoisotopic (exact) mass is 412 g/mol. The van der Waals surface area contributed by atoms with Gasteiger partial charge in [-0.15, -0.1) is 0 Å². The molecule has 0 bridgehead atoms. The number of phenolic OH excluding ortho intramolecular Hbond substituents is 1. The first-order chi connectivity index (χ1) is 15.2. The van der Waals surface area contributed by atoms with Gasteiger partial charge in [-0.05, 0) is 42.5 Å². The van der Waals surface area contributed by atoms with Crippen molar-refractivity contribution in [2.75, 3.05) is 17.2 Å². The SMILES string of the molecule is O=C(COc1ccccc1)Nc1ccc(-c2ccnc(Nc3cccc(O)c3)n2)cc1. The van der Waals surface area contributed by atoms with E-state index >= 15 is 0 Å². The Balaban J connectivity index is 1.38. The van der Waals surface area contributed by atoms with Crippen LogP contribution in [-0.2, 0) is 4.79 Å². The Kier molecular flexibility index (Phi) is 6.04. The number of phenols is 1. The molecule has 0 aliphatic rings. The molecular formula is C24H20N4O3. The third kappa shape index (κ3) is 5.57. The summed E-state index contributed by atoms with van der Waals surface area (Å²) < 4.78 is 5.45. The number of carbonyl (C=O) groups is 1. The number of anilines is 3. The van der Waals surface area contributed by atoms with E-state index in [1.165, 1.54) is 0 Å². The molecule has 0 aliphatic carbocycles. The Labute approximate surface area is 179 Å². The molecule has 0 radical (unpaired) electrons. The molecule has 0 fully saturated rings. The molecule has 4 aromatic rings. The maximum Gasteiger partial charge on any atom is 0.262 e. The van der Waals surface area contributed by atoms with Crippen LogP contribution in [0.2, 0.25) is 0 Å². The number of aromatic nitrogens is 2. The normalized spacial score (nSPS) is 10.3. The molecule has 4 rings (SSSR count). The molecule has 0 atom stereocenters. The van der Waals surface area contributed by atoms with Crippen LogP contribution in [0.15, 0.2) is 91.1 Å². The van der Waals surface area contributed by atoms with Gasteiger partial charge in [-0.2, -0.15) is 0 Å². The fourth-order valence-electron chi connectivity index (χ4n) is 2.88. The maximum absolute atomic E-state index is 12.1. The number of aromatic hydroxyl groups is 1. The number of rotatable bonds is 7. The first-order valence-corrected chi connectivity index (χ1v) is 9.63. The van der Waals surface area contributed by atoms with E-state index in [-0.39, 0.29) is 18.3 Å². The van der Waals surface area contributed by atoms with E-state index in [9.17, 15) is 9.90 Å². The highest BCUT2D eigenvalue weighted by molar-refractivity contribution is 5.92.